The van der Waals surface area contributed by atoms with Crippen molar-refractivity contribution in [3.8, 4) is 0 Å². The number of rotatable bonds is 8. The third-order valence-electron chi connectivity index (χ3n) is 5.20. The first-order valence-corrected chi connectivity index (χ1v) is 11.6. The third kappa shape index (κ3) is 8.19. The van der Waals surface area contributed by atoms with Crippen LogP contribution in [0.5, 0.6) is 0 Å². The summed E-state index contributed by atoms with van der Waals surface area (Å²) in [5.41, 5.74) is -1.37. The number of nitrogens with one attached hydrogen (secondary N) is 2. The van der Waals surface area contributed by atoms with E-state index in [1.165, 1.54) is 12.1 Å². The van der Waals surface area contributed by atoms with Crippen molar-refractivity contribution in [2.45, 2.75) is 69.8 Å². The summed E-state index contributed by atoms with van der Waals surface area (Å²) in [5, 5.41) is 13.5. The van der Waals surface area contributed by atoms with E-state index in [2.05, 4.69) is 15.0 Å². The van der Waals surface area contributed by atoms with E-state index in [0.717, 1.165) is 44.4 Å². The van der Waals surface area contributed by atoms with Crippen LogP contribution in [0.3, 0.4) is 0 Å². The summed E-state index contributed by atoms with van der Waals surface area (Å²) in [7, 11) is -3.20. The maximum atomic E-state index is 12.8. The molecule has 6 nitrogen and oxygen atoms in total. The number of aliphatic hydroxyl groups excluding tert-OH is 1. The number of alkyl halides is 3. The summed E-state index contributed by atoms with van der Waals surface area (Å²) in [6.07, 6.45) is -0.349. The number of aromatic nitrogens is 1. The predicted octanol–water partition coefficient (Wildman–Crippen LogP) is 3.00. The van der Waals surface area contributed by atoms with Crippen molar-refractivity contribution in [3.05, 3.63) is 29.6 Å². The highest BCUT2D eigenvalue weighted by molar-refractivity contribution is 7.88. The van der Waals surface area contributed by atoms with Crippen molar-refractivity contribution >= 4 is 10.0 Å². The average molecular weight is 438 g/mol. The van der Waals surface area contributed by atoms with Gasteiger partial charge in [0.1, 0.15) is 11.8 Å². The van der Waals surface area contributed by atoms with Crippen molar-refractivity contribution in [2.75, 3.05) is 12.8 Å². The number of β-amino-alcohol motifs (C(OH)–C–C–N with tert-alkyl or cyclic N) is 1. The molecule has 0 spiro atoms. The Morgan fingerprint density at radius 3 is 2.38 bits per heavy atom. The van der Waals surface area contributed by atoms with E-state index in [-0.39, 0.29) is 23.8 Å². The van der Waals surface area contributed by atoms with Crippen molar-refractivity contribution in [3.63, 3.8) is 0 Å². The number of hydrogen-bond acceptors (Lipinski definition) is 5. The molecule has 0 unspecified atom stereocenters. The van der Waals surface area contributed by atoms with Crippen LogP contribution in [0.15, 0.2) is 18.2 Å². The van der Waals surface area contributed by atoms with Gasteiger partial charge in [-0.3, -0.25) is 0 Å². The molecule has 1 atom stereocenters. The fourth-order valence-corrected chi connectivity index (χ4v) is 4.69. The Bertz CT molecular complexity index is 776. The minimum absolute atomic E-state index is 0.0181. The highest BCUT2D eigenvalue weighted by Crippen LogP contribution is 2.31. The highest BCUT2D eigenvalue weighted by atomic mass is 32.2. The van der Waals surface area contributed by atoms with Crippen LogP contribution in [0, 0.1) is 5.92 Å². The van der Waals surface area contributed by atoms with Gasteiger partial charge < -0.3 is 10.4 Å². The molecule has 166 valence electrons. The summed E-state index contributed by atoms with van der Waals surface area (Å²) < 4.78 is 63.7. The summed E-state index contributed by atoms with van der Waals surface area (Å²) in [6.45, 7) is 4.06. The van der Waals surface area contributed by atoms with Crippen LogP contribution in [-0.4, -0.2) is 42.9 Å². The van der Waals surface area contributed by atoms with Gasteiger partial charge in [-0.15, -0.1) is 0 Å². The van der Waals surface area contributed by atoms with Gasteiger partial charge in [0.2, 0.25) is 10.0 Å². The SMILES string of the molecule is CC(C)(CC1CCC(NS(C)(=O)=O)CC1)NC[C@@H](O)c1cccc(C(F)(F)F)n1. The standard InChI is InChI=1S/C19H30F3N3O3S/c1-18(2,11-13-7-9-14(10-8-13)25-29(3,27)28)23-12-16(26)15-5-4-6-17(24-15)19(20,21)22/h4-6,13-14,16,23,25-26H,7-12H2,1-3H3/t13?,14?,16-/m1/s1. The molecule has 1 aromatic rings. The van der Waals surface area contributed by atoms with Gasteiger partial charge in [-0.2, -0.15) is 13.2 Å². The molecule has 1 saturated carbocycles. The Labute approximate surface area is 170 Å². The monoisotopic (exact) mass is 437 g/mol. The third-order valence-corrected chi connectivity index (χ3v) is 5.96. The van der Waals surface area contributed by atoms with E-state index >= 15 is 0 Å². The van der Waals surface area contributed by atoms with E-state index in [1.807, 2.05) is 13.8 Å². The van der Waals surface area contributed by atoms with Gasteiger partial charge >= 0.3 is 6.18 Å². The topological polar surface area (TPSA) is 91.3 Å². The predicted molar refractivity (Wildman–Crippen MR) is 105 cm³/mol. The Balaban J connectivity index is 1.84. The zero-order chi connectivity index (χ0) is 21.9. The number of aliphatic hydroxyl groups is 1. The number of halogens is 3. The summed E-state index contributed by atoms with van der Waals surface area (Å²) >= 11 is 0. The second-order valence-electron chi connectivity index (χ2n) is 8.54. The quantitative estimate of drug-likeness (QED) is 0.582. The largest absolute Gasteiger partial charge is 0.433 e. The van der Waals surface area contributed by atoms with Gasteiger partial charge in [0.25, 0.3) is 0 Å². The lowest BCUT2D eigenvalue weighted by molar-refractivity contribution is -0.141. The Hall–Kier alpha value is -1.23. The molecular weight excluding hydrogens is 407 g/mol. The van der Waals surface area contributed by atoms with Crippen LogP contribution in [-0.2, 0) is 16.2 Å². The van der Waals surface area contributed by atoms with Crippen LogP contribution in [0.25, 0.3) is 0 Å². The molecule has 0 aliphatic heterocycles. The van der Waals surface area contributed by atoms with Crippen LogP contribution in [0.2, 0.25) is 0 Å². The maximum absolute atomic E-state index is 12.8. The van der Waals surface area contributed by atoms with Gasteiger partial charge in [0.15, 0.2) is 0 Å². The van der Waals surface area contributed by atoms with E-state index in [0.29, 0.717) is 5.92 Å². The number of nitrogens with zero attached hydrogens (tertiary/aromatic N) is 1. The number of hydrogen-bond donors (Lipinski definition) is 3. The van der Waals surface area contributed by atoms with Crippen molar-refractivity contribution < 1.29 is 26.7 Å². The fraction of sp³-hybridized carbons (Fsp3) is 0.737. The fourth-order valence-electron chi connectivity index (χ4n) is 3.85. The minimum Gasteiger partial charge on any atom is -0.385 e. The Morgan fingerprint density at radius 1 is 1.21 bits per heavy atom. The maximum Gasteiger partial charge on any atom is 0.433 e. The van der Waals surface area contributed by atoms with Crippen LogP contribution < -0.4 is 10.0 Å². The molecule has 1 heterocycles. The molecule has 29 heavy (non-hydrogen) atoms. The van der Waals surface area contributed by atoms with Gasteiger partial charge in [-0.1, -0.05) is 6.07 Å². The molecule has 2 rings (SSSR count). The molecule has 10 heteroatoms. The molecule has 1 aliphatic rings. The smallest absolute Gasteiger partial charge is 0.385 e. The molecule has 0 amide bonds. The summed E-state index contributed by atoms with van der Waals surface area (Å²) in [5.74, 6) is 0.416. The first kappa shape index (κ1) is 24.0. The molecule has 1 aliphatic carbocycles. The van der Waals surface area contributed by atoms with Crippen molar-refractivity contribution in [1.82, 2.24) is 15.0 Å². The lowest BCUT2D eigenvalue weighted by atomic mass is 9.79. The normalized spacial score (nSPS) is 22.4. The second-order valence-corrected chi connectivity index (χ2v) is 10.3. The lowest BCUT2D eigenvalue weighted by Crippen LogP contribution is -2.44. The van der Waals surface area contributed by atoms with Gasteiger partial charge in [-0.05, 0) is 64.0 Å². The molecule has 1 aromatic heterocycles. The van der Waals surface area contributed by atoms with E-state index in [4.69, 9.17) is 0 Å². The van der Waals surface area contributed by atoms with Crippen molar-refractivity contribution in [1.29, 1.82) is 0 Å². The molecule has 0 aromatic carbocycles. The van der Waals surface area contributed by atoms with Gasteiger partial charge in [0.05, 0.1) is 11.9 Å². The molecule has 0 radical (unpaired) electrons. The lowest BCUT2D eigenvalue weighted by Gasteiger charge is -2.35. The first-order chi connectivity index (χ1) is 13.3. The average Bonchev–Trinajstić information content (AvgIpc) is 2.59. The van der Waals surface area contributed by atoms with E-state index < -0.39 is 28.0 Å². The molecule has 3 N–H and O–H groups in total. The number of sulfonamides is 1. The molecule has 1 fully saturated rings. The summed E-state index contributed by atoms with van der Waals surface area (Å²) in [6, 6.07) is 3.47. The molecule has 0 bridgehead atoms. The zero-order valence-electron chi connectivity index (χ0n) is 17.0. The highest BCUT2D eigenvalue weighted by Gasteiger charge is 2.33. The van der Waals surface area contributed by atoms with E-state index in [9.17, 15) is 26.7 Å². The van der Waals surface area contributed by atoms with E-state index in [1.54, 1.807) is 0 Å². The molecular formula is C19H30F3N3O3S. The Kier molecular flexibility index (Phi) is 7.69. The van der Waals surface area contributed by atoms with Crippen molar-refractivity contribution in [2.24, 2.45) is 5.92 Å². The van der Waals surface area contributed by atoms with Gasteiger partial charge in [0, 0.05) is 18.1 Å². The van der Waals surface area contributed by atoms with Gasteiger partial charge in [-0.25, -0.2) is 18.1 Å². The molecule has 0 saturated heterocycles. The zero-order valence-corrected chi connectivity index (χ0v) is 17.8. The van der Waals surface area contributed by atoms with Crippen LogP contribution in [0.4, 0.5) is 13.2 Å². The minimum atomic E-state index is -4.55. The Morgan fingerprint density at radius 2 is 1.83 bits per heavy atom. The summed E-state index contributed by atoms with van der Waals surface area (Å²) in [4.78, 5) is 3.53. The first-order valence-electron chi connectivity index (χ1n) is 9.70. The second kappa shape index (κ2) is 9.28. The van der Waals surface area contributed by atoms with Crippen LogP contribution >= 0.6 is 0 Å². The number of pyridine rings is 1. The van der Waals surface area contributed by atoms with Crippen LogP contribution in [0.1, 0.15) is 63.4 Å².